The second kappa shape index (κ2) is 10.8. The number of carbonyl (C=O) groups excluding carboxylic acids is 2. The van der Waals surface area contributed by atoms with Gasteiger partial charge in [-0.2, -0.15) is 0 Å². The number of rotatable bonds is 8. The molecular weight excluding hydrogens is 394 g/mol. The molecule has 0 aliphatic rings. The van der Waals surface area contributed by atoms with E-state index in [0.29, 0.717) is 13.0 Å². The Hall–Kier alpha value is -2.28. The molecule has 0 spiro atoms. The molecule has 0 bridgehead atoms. The van der Waals surface area contributed by atoms with Gasteiger partial charge in [0.05, 0.1) is 18.7 Å². The lowest BCUT2D eigenvalue weighted by atomic mass is 9.94. The van der Waals surface area contributed by atoms with Crippen LogP contribution in [0.5, 0.6) is 0 Å². The summed E-state index contributed by atoms with van der Waals surface area (Å²) >= 11 is 0. The molecule has 0 radical (unpaired) electrons. The molecule has 7 heteroatoms. The Labute approximate surface area is 187 Å². The molecule has 176 valence electrons. The van der Waals surface area contributed by atoms with E-state index >= 15 is 0 Å². The lowest BCUT2D eigenvalue weighted by molar-refractivity contribution is -0.0382. The molecular formula is C24H41N3O4. The maximum Gasteiger partial charge on any atom is 0.411 e. The summed E-state index contributed by atoms with van der Waals surface area (Å²) in [6, 6.07) is 8.45. The molecule has 2 atom stereocenters. The van der Waals surface area contributed by atoms with Crippen LogP contribution in [0.1, 0.15) is 61.0 Å². The topological polar surface area (TPSA) is 96.1 Å². The molecule has 3 N–H and O–H groups in total. The maximum atomic E-state index is 13.2. The maximum absolute atomic E-state index is 13.2. The molecule has 0 saturated heterocycles. The summed E-state index contributed by atoms with van der Waals surface area (Å²) in [4.78, 5) is 28.2. The summed E-state index contributed by atoms with van der Waals surface area (Å²) < 4.78 is 5.68. The summed E-state index contributed by atoms with van der Waals surface area (Å²) in [5.41, 5.74) is 5.23. The molecule has 0 heterocycles. The van der Waals surface area contributed by atoms with Crippen molar-refractivity contribution in [2.75, 3.05) is 13.1 Å². The highest BCUT2D eigenvalue weighted by molar-refractivity contribution is 5.72. The molecule has 1 rings (SSSR count). The first-order valence-electron chi connectivity index (χ1n) is 10.9. The van der Waals surface area contributed by atoms with E-state index in [4.69, 9.17) is 10.5 Å². The van der Waals surface area contributed by atoms with Gasteiger partial charge in [-0.25, -0.2) is 9.59 Å². The van der Waals surface area contributed by atoms with Crippen LogP contribution in [0.4, 0.5) is 9.59 Å². The monoisotopic (exact) mass is 435 g/mol. The number of aliphatic hydroxyl groups is 1. The third-order valence-corrected chi connectivity index (χ3v) is 4.68. The largest absolute Gasteiger partial charge is 0.444 e. The predicted octanol–water partition coefficient (Wildman–Crippen LogP) is 4.03. The summed E-state index contributed by atoms with van der Waals surface area (Å²) in [6.45, 7) is 15.6. The van der Waals surface area contributed by atoms with Gasteiger partial charge in [-0.1, -0.05) is 44.2 Å². The van der Waals surface area contributed by atoms with Gasteiger partial charge in [-0.15, -0.1) is 0 Å². The third kappa shape index (κ3) is 9.17. The highest BCUT2D eigenvalue weighted by atomic mass is 16.6. The third-order valence-electron chi connectivity index (χ3n) is 4.68. The standard InChI is InChI=1S/C24H41N3O4/c1-17(2)15-26(21(25)29)16-20(28)19(14-18-12-10-9-11-13-18)27(23(3,4)5)22(30)31-24(6,7)8/h9-13,17,19-20,28H,14-16H2,1-8H3,(H2,25,29)/t19-,20+/m0/s1. The first-order valence-corrected chi connectivity index (χ1v) is 10.9. The van der Waals surface area contributed by atoms with Gasteiger partial charge in [0.25, 0.3) is 0 Å². The van der Waals surface area contributed by atoms with Crippen LogP contribution in [0.25, 0.3) is 0 Å². The minimum absolute atomic E-state index is 0.0282. The molecule has 0 unspecified atom stereocenters. The van der Waals surface area contributed by atoms with Crippen LogP contribution in [0.3, 0.4) is 0 Å². The first kappa shape index (κ1) is 26.8. The minimum Gasteiger partial charge on any atom is -0.444 e. The van der Waals surface area contributed by atoms with Crippen molar-refractivity contribution in [3.05, 3.63) is 35.9 Å². The van der Waals surface area contributed by atoms with Crippen LogP contribution >= 0.6 is 0 Å². The predicted molar refractivity (Wildman–Crippen MR) is 124 cm³/mol. The van der Waals surface area contributed by atoms with Crippen molar-refractivity contribution in [2.24, 2.45) is 11.7 Å². The van der Waals surface area contributed by atoms with Crippen LogP contribution in [0.2, 0.25) is 0 Å². The van der Waals surface area contributed by atoms with E-state index in [1.165, 1.54) is 4.90 Å². The van der Waals surface area contributed by atoms with Crippen molar-refractivity contribution >= 4 is 12.1 Å². The second-order valence-electron chi connectivity index (χ2n) is 10.5. The highest BCUT2D eigenvalue weighted by Gasteiger charge is 2.40. The number of benzene rings is 1. The van der Waals surface area contributed by atoms with E-state index in [-0.39, 0.29) is 12.5 Å². The number of amides is 3. The summed E-state index contributed by atoms with van der Waals surface area (Å²) in [5.74, 6) is 0.192. The fourth-order valence-corrected chi connectivity index (χ4v) is 3.52. The van der Waals surface area contributed by atoms with Gasteiger partial charge >= 0.3 is 12.1 Å². The van der Waals surface area contributed by atoms with E-state index in [1.807, 2.05) is 85.7 Å². The van der Waals surface area contributed by atoms with Crippen molar-refractivity contribution < 1.29 is 19.4 Å². The van der Waals surface area contributed by atoms with Gasteiger partial charge in [0.2, 0.25) is 0 Å². The van der Waals surface area contributed by atoms with Crippen molar-refractivity contribution in [3.63, 3.8) is 0 Å². The smallest absolute Gasteiger partial charge is 0.411 e. The normalized spacial score (nSPS) is 14.1. The Bertz CT molecular complexity index is 708. The van der Waals surface area contributed by atoms with Crippen LogP contribution in [-0.2, 0) is 11.2 Å². The van der Waals surface area contributed by atoms with Crippen LogP contribution in [0, 0.1) is 5.92 Å². The van der Waals surface area contributed by atoms with E-state index in [9.17, 15) is 14.7 Å². The van der Waals surface area contributed by atoms with Crippen molar-refractivity contribution in [2.45, 2.75) is 85.1 Å². The van der Waals surface area contributed by atoms with Crippen molar-refractivity contribution in [1.29, 1.82) is 0 Å². The zero-order valence-corrected chi connectivity index (χ0v) is 20.4. The first-order chi connectivity index (χ1) is 14.1. The number of hydrogen-bond acceptors (Lipinski definition) is 4. The number of nitrogens with two attached hydrogens (primary N) is 1. The SMILES string of the molecule is CC(C)CN(C[C@@H](O)[C@H](Cc1ccccc1)N(C(=O)OC(C)(C)C)C(C)(C)C)C(N)=O. The van der Waals surface area contributed by atoms with E-state index < -0.39 is 35.4 Å². The number of primary amides is 1. The fraction of sp³-hybridized carbons (Fsp3) is 0.667. The number of nitrogens with zero attached hydrogens (tertiary/aromatic N) is 2. The number of ether oxygens (including phenoxy) is 1. The Morgan fingerprint density at radius 1 is 1.03 bits per heavy atom. The zero-order chi connectivity index (χ0) is 24.0. The van der Waals surface area contributed by atoms with E-state index in [1.54, 1.807) is 4.90 Å². The van der Waals surface area contributed by atoms with Crippen LogP contribution in [0.15, 0.2) is 30.3 Å². The molecule has 0 aliphatic heterocycles. The zero-order valence-electron chi connectivity index (χ0n) is 20.4. The van der Waals surface area contributed by atoms with Gasteiger partial charge < -0.3 is 20.5 Å². The Kier molecular flexibility index (Phi) is 9.36. The van der Waals surface area contributed by atoms with E-state index in [2.05, 4.69) is 0 Å². The van der Waals surface area contributed by atoms with Crippen LogP contribution in [-0.4, -0.2) is 63.4 Å². The molecule has 3 amide bonds. The Morgan fingerprint density at radius 2 is 1.58 bits per heavy atom. The number of urea groups is 1. The van der Waals surface area contributed by atoms with Crippen molar-refractivity contribution in [3.8, 4) is 0 Å². The highest BCUT2D eigenvalue weighted by Crippen LogP contribution is 2.26. The van der Waals surface area contributed by atoms with Crippen molar-refractivity contribution in [1.82, 2.24) is 9.80 Å². The average Bonchev–Trinajstić information content (AvgIpc) is 2.58. The molecule has 0 aromatic heterocycles. The van der Waals surface area contributed by atoms with Gasteiger partial charge in [0.1, 0.15) is 5.60 Å². The average molecular weight is 436 g/mol. The van der Waals surface area contributed by atoms with E-state index in [0.717, 1.165) is 5.56 Å². The number of hydrogen-bond donors (Lipinski definition) is 2. The lowest BCUT2D eigenvalue weighted by Crippen LogP contribution is -2.60. The molecule has 1 aromatic carbocycles. The summed E-state index contributed by atoms with van der Waals surface area (Å²) in [5, 5.41) is 11.3. The number of carbonyl (C=O) groups is 2. The molecule has 0 aliphatic carbocycles. The van der Waals surface area contributed by atoms with Crippen LogP contribution < -0.4 is 5.73 Å². The molecule has 0 saturated carbocycles. The molecule has 7 nitrogen and oxygen atoms in total. The minimum atomic E-state index is -1.02. The van der Waals surface area contributed by atoms with Gasteiger partial charge in [0, 0.05) is 12.1 Å². The Balaban J connectivity index is 3.34. The Morgan fingerprint density at radius 3 is 2.00 bits per heavy atom. The fourth-order valence-electron chi connectivity index (χ4n) is 3.52. The molecule has 0 fully saturated rings. The number of aliphatic hydroxyl groups excluding tert-OH is 1. The molecule has 31 heavy (non-hydrogen) atoms. The second-order valence-corrected chi connectivity index (χ2v) is 10.5. The van der Waals surface area contributed by atoms with Gasteiger partial charge in [-0.3, -0.25) is 4.90 Å². The quantitative estimate of drug-likeness (QED) is 0.644. The molecule has 1 aromatic rings. The van der Waals surface area contributed by atoms with Gasteiger partial charge in [0.15, 0.2) is 0 Å². The lowest BCUT2D eigenvalue weighted by Gasteiger charge is -2.44. The summed E-state index contributed by atoms with van der Waals surface area (Å²) in [6.07, 6.45) is -1.11. The van der Waals surface area contributed by atoms with Gasteiger partial charge in [-0.05, 0) is 59.4 Å². The summed E-state index contributed by atoms with van der Waals surface area (Å²) in [7, 11) is 0.